The molecule has 0 N–H and O–H groups in total. The lowest BCUT2D eigenvalue weighted by Crippen LogP contribution is -2.14. The summed E-state index contributed by atoms with van der Waals surface area (Å²) in [5.74, 6) is 0.832. The Morgan fingerprint density at radius 3 is 2.95 bits per heavy atom. The average molecular weight is 278 g/mol. The van der Waals surface area contributed by atoms with Crippen LogP contribution in [0.15, 0.2) is 18.2 Å². The largest absolute Gasteiger partial charge is 0.494 e. The molecule has 1 heterocycles. The molecule has 1 aliphatic heterocycles. The summed E-state index contributed by atoms with van der Waals surface area (Å²) in [6, 6.07) is 5.48. The Balaban J connectivity index is 1.98. The van der Waals surface area contributed by atoms with Crippen LogP contribution in [-0.4, -0.2) is 31.7 Å². The lowest BCUT2D eigenvalue weighted by Gasteiger charge is -2.14. The lowest BCUT2D eigenvalue weighted by molar-refractivity contribution is 0.00998. The van der Waals surface area contributed by atoms with Crippen LogP contribution in [-0.2, 0) is 16.1 Å². The van der Waals surface area contributed by atoms with Gasteiger partial charge in [-0.2, -0.15) is 0 Å². The van der Waals surface area contributed by atoms with Crippen LogP contribution in [0.25, 0.3) is 0 Å². The van der Waals surface area contributed by atoms with E-state index in [-0.39, 0.29) is 11.9 Å². The smallest absolute Gasteiger partial charge is 0.159 e. The molecule has 1 aliphatic rings. The molecule has 2 rings (SSSR count). The number of ether oxygens (including phenoxy) is 3. The van der Waals surface area contributed by atoms with E-state index in [0.29, 0.717) is 25.4 Å². The van der Waals surface area contributed by atoms with E-state index in [1.165, 1.54) is 0 Å². The van der Waals surface area contributed by atoms with E-state index < -0.39 is 0 Å². The number of hydrogen-bond donors (Lipinski definition) is 0. The van der Waals surface area contributed by atoms with E-state index >= 15 is 0 Å². The van der Waals surface area contributed by atoms with Crippen LogP contribution in [0.3, 0.4) is 0 Å². The maximum absolute atomic E-state index is 11.4. The molecule has 20 heavy (non-hydrogen) atoms. The van der Waals surface area contributed by atoms with Gasteiger partial charge in [-0.25, -0.2) is 0 Å². The number of hydrogen-bond acceptors (Lipinski definition) is 4. The predicted octanol–water partition coefficient (Wildman–Crippen LogP) is 2.98. The molecule has 1 aromatic rings. The van der Waals surface area contributed by atoms with Crippen LogP contribution in [0, 0.1) is 0 Å². The van der Waals surface area contributed by atoms with Crippen molar-refractivity contribution in [3.05, 3.63) is 29.3 Å². The van der Waals surface area contributed by atoms with Crippen molar-refractivity contribution in [2.24, 2.45) is 0 Å². The molecule has 0 aliphatic carbocycles. The molecule has 0 radical (unpaired) electrons. The van der Waals surface area contributed by atoms with Gasteiger partial charge in [-0.05, 0) is 44.9 Å². The highest BCUT2D eigenvalue weighted by Gasteiger charge is 2.16. The van der Waals surface area contributed by atoms with Gasteiger partial charge in [0.15, 0.2) is 5.78 Å². The first-order valence-corrected chi connectivity index (χ1v) is 7.16. The first-order chi connectivity index (χ1) is 9.70. The van der Waals surface area contributed by atoms with Crippen LogP contribution in [0.1, 0.15) is 42.6 Å². The number of benzene rings is 1. The summed E-state index contributed by atoms with van der Waals surface area (Å²) in [5.41, 5.74) is 1.60. The molecule has 4 heteroatoms. The van der Waals surface area contributed by atoms with E-state index in [4.69, 9.17) is 14.2 Å². The van der Waals surface area contributed by atoms with E-state index in [9.17, 15) is 4.79 Å². The van der Waals surface area contributed by atoms with Gasteiger partial charge in [0, 0.05) is 17.7 Å². The normalized spacial score (nSPS) is 18.2. The SMILES string of the molecule is CCOc1ccc(C(C)=O)cc1COCC1CCCO1. The monoisotopic (exact) mass is 278 g/mol. The van der Waals surface area contributed by atoms with Crippen molar-refractivity contribution in [1.82, 2.24) is 0 Å². The Labute approximate surface area is 120 Å². The van der Waals surface area contributed by atoms with Crippen molar-refractivity contribution in [1.29, 1.82) is 0 Å². The fourth-order valence-electron chi connectivity index (χ4n) is 2.28. The minimum absolute atomic E-state index is 0.0495. The number of Topliss-reactive ketones (excluding diaryl/α,β-unsaturated/α-hetero) is 1. The van der Waals surface area contributed by atoms with Gasteiger partial charge in [0.25, 0.3) is 0 Å². The van der Waals surface area contributed by atoms with Crippen LogP contribution in [0.2, 0.25) is 0 Å². The number of rotatable bonds is 7. The molecule has 0 amide bonds. The third kappa shape index (κ3) is 4.05. The Morgan fingerprint density at radius 2 is 2.30 bits per heavy atom. The third-order valence-corrected chi connectivity index (χ3v) is 3.35. The van der Waals surface area contributed by atoms with E-state index in [1.807, 2.05) is 19.1 Å². The number of carbonyl (C=O) groups is 1. The molecule has 0 bridgehead atoms. The van der Waals surface area contributed by atoms with Gasteiger partial charge in [0.2, 0.25) is 0 Å². The lowest BCUT2D eigenvalue weighted by atomic mass is 10.1. The highest BCUT2D eigenvalue weighted by molar-refractivity contribution is 5.94. The minimum atomic E-state index is 0.0495. The topological polar surface area (TPSA) is 44.8 Å². The zero-order valence-electron chi connectivity index (χ0n) is 12.2. The maximum Gasteiger partial charge on any atom is 0.159 e. The van der Waals surface area contributed by atoms with Crippen LogP contribution >= 0.6 is 0 Å². The zero-order valence-corrected chi connectivity index (χ0v) is 12.2. The Bertz CT molecular complexity index is 450. The van der Waals surface area contributed by atoms with Crippen molar-refractivity contribution in [2.75, 3.05) is 19.8 Å². The molecule has 1 saturated heterocycles. The first kappa shape index (κ1) is 15.0. The van der Waals surface area contributed by atoms with Gasteiger partial charge in [-0.3, -0.25) is 4.79 Å². The molecule has 1 fully saturated rings. The molecular weight excluding hydrogens is 256 g/mol. The molecule has 110 valence electrons. The summed E-state index contributed by atoms with van der Waals surface area (Å²) in [6.07, 6.45) is 2.38. The Morgan fingerprint density at radius 1 is 1.45 bits per heavy atom. The number of carbonyl (C=O) groups excluding carboxylic acids is 1. The molecule has 1 aromatic carbocycles. The van der Waals surface area contributed by atoms with Gasteiger partial charge in [-0.15, -0.1) is 0 Å². The Hall–Kier alpha value is -1.39. The summed E-state index contributed by atoms with van der Waals surface area (Å²) in [5, 5.41) is 0. The molecule has 0 spiro atoms. The predicted molar refractivity (Wildman–Crippen MR) is 76.2 cm³/mol. The van der Waals surface area contributed by atoms with Gasteiger partial charge in [0.05, 0.1) is 25.9 Å². The molecule has 4 nitrogen and oxygen atoms in total. The minimum Gasteiger partial charge on any atom is -0.494 e. The van der Waals surface area contributed by atoms with Gasteiger partial charge >= 0.3 is 0 Å². The maximum atomic E-state index is 11.4. The third-order valence-electron chi connectivity index (χ3n) is 3.35. The quantitative estimate of drug-likeness (QED) is 0.719. The van der Waals surface area contributed by atoms with Crippen molar-refractivity contribution in [3.8, 4) is 5.75 Å². The highest BCUT2D eigenvalue weighted by atomic mass is 16.5. The first-order valence-electron chi connectivity index (χ1n) is 7.16. The molecule has 0 aromatic heterocycles. The fraction of sp³-hybridized carbons (Fsp3) is 0.562. The summed E-state index contributed by atoms with van der Waals surface area (Å²) < 4.78 is 16.8. The second kappa shape index (κ2) is 7.41. The van der Waals surface area contributed by atoms with Crippen molar-refractivity contribution < 1.29 is 19.0 Å². The summed E-state index contributed by atoms with van der Waals surface area (Å²) in [6.45, 7) is 5.96. The standard InChI is InChI=1S/C16H22O4/c1-3-19-16-7-6-13(12(2)17)9-14(16)10-18-11-15-5-4-8-20-15/h6-7,9,15H,3-5,8,10-11H2,1-2H3. The average Bonchev–Trinajstić information content (AvgIpc) is 2.93. The van der Waals surface area contributed by atoms with Crippen LogP contribution in [0.4, 0.5) is 0 Å². The van der Waals surface area contributed by atoms with Crippen LogP contribution < -0.4 is 4.74 Å². The van der Waals surface area contributed by atoms with Gasteiger partial charge in [0.1, 0.15) is 5.75 Å². The number of ketones is 1. The molecular formula is C16H22O4. The highest BCUT2D eigenvalue weighted by Crippen LogP contribution is 2.22. The molecule has 1 atom stereocenters. The molecule has 1 unspecified atom stereocenters. The van der Waals surface area contributed by atoms with Crippen molar-refractivity contribution in [2.45, 2.75) is 39.4 Å². The Kier molecular flexibility index (Phi) is 5.56. The molecule has 0 saturated carbocycles. The summed E-state index contributed by atoms with van der Waals surface area (Å²) in [4.78, 5) is 11.4. The van der Waals surface area contributed by atoms with E-state index in [1.54, 1.807) is 13.0 Å². The second-order valence-electron chi connectivity index (χ2n) is 4.96. The zero-order chi connectivity index (χ0) is 14.4. The van der Waals surface area contributed by atoms with Gasteiger partial charge in [-0.1, -0.05) is 0 Å². The van der Waals surface area contributed by atoms with Crippen molar-refractivity contribution >= 4 is 5.78 Å². The fourth-order valence-corrected chi connectivity index (χ4v) is 2.28. The van der Waals surface area contributed by atoms with Crippen LogP contribution in [0.5, 0.6) is 5.75 Å². The second-order valence-corrected chi connectivity index (χ2v) is 4.96. The van der Waals surface area contributed by atoms with E-state index in [0.717, 1.165) is 30.8 Å². The van der Waals surface area contributed by atoms with E-state index in [2.05, 4.69) is 0 Å². The summed E-state index contributed by atoms with van der Waals surface area (Å²) in [7, 11) is 0. The summed E-state index contributed by atoms with van der Waals surface area (Å²) >= 11 is 0. The van der Waals surface area contributed by atoms with Crippen molar-refractivity contribution in [3.63, 3.8) is 0 Å². The van der Waals surface area contributed by atoms with Gasteiger partial charge < -0.3 is 14.2 Å².